The van der Waals surface area contributed by atoms with Crippen molar-refractivity contribution in [2.45, 2.75) is 26.4 Å². The van der Waals surface area contributed by atoms with Crippen LogP contribution in [0.2, 0.25) is 0 Å². The Balaban J connectivity index is 2.31. The highest BCUT2D eigenvalue weighted by Crippen LogP contribution is 2.09. The molecule has 6 nitrogen and oxygen atoms in total. The van der Waals surface area contributed by atoms with Gasteiger partial charge in [-0.3, -0.25) is 0 Å². The van der Waals surface area contributed by atoms with Crippen LogP contribution in [0.4, 0.5) is 9.59 Å². The van der Waals surface area contributed by atoms with Crippen molar-refractivity contribution >= 4 is 12.1 Å². The largest absolute Gasteiger partial charge is 0.444 e. The van der Waals surface area contributed by atoms with Gasteiger partial charge in [0.15, 0.2) is 0 Å². The van der Waals surface area contributed by atoms with Crippen molar-refractivity contribution < 1.29 is 14.3 Å². The molecule has 6 heteroatoms. The number of ether oxygens (including phenoxy) is 1. The minimum absolute atomic E-state index is 0.0670. The van der Waals surface area contributed by atoms with Crippen LogP contribution in [0, 0.1) is 0 Å². The Hall–Kier alpha value is -1.46. The number of hydrogen-bond donors (Lipinski definition) is 1. The molecule has 0 spiro atoms. The van der Waals surface area contributed by atoms with Crippen molar-refractivity contribution in [1.82, 2.24) is 15.1 Å². The monoisotopic (exact) mass is 243 g/mol. The van der Waals surface area contributed by atoms with Crippen molar-refractivity contribution in [3.63, 3.8) is 0 Å². The maximum absolute atomic E-state index is 11.6. The van der Waals surface area contributed by atoms with Crippen LogP contribution >= 0.6 is 0 Å². The van der Waals surface area contributed by atoms with E-state index in [1.165, 1.54) is 4.90 Å². The van der Waals surface area contributed by atoms with Crippen molar-refractivity contribution in [2.24, 2.45) is 0 Å². The Labute approximate surface area is 102 Å². The third-order valence-electron chi connectivity index (χ3n) is 2.36. The second-order valence-electron chi connectivity index (χ2n) is 5.12. The first kappa shape index (κ1) is 13.6. The van der Waals surface area contributed by atoms with E-state index in [2.05, 4.69) is 5.32 Å². The van der Waals surface area contributed by atoms with Crippen LogP contribution in [0.1, 0.15) is 20.8 Å². The molecule has 1 fully saturated rings. The predicted molar refractivity (Wildman–Crippen MR) is 63.8 cm³/mol. The molecule has 0 aromatic carbocycles. The van der Waals surface area contributed by atoms with Crippen LogP contribution in [0.3, 0.4) is 0 Å². The Morgan fingerprint density at radius 3 is 2.65 bits per heavy atom. The molecule has 1 aliphatic rings. The average Bonchev–Trinajstić information content (AvgIpc) is 2.57. The quantitative estimate of drug-likeness (QED) is 0.800. The summed E-state index contributed by atoms with van der Waals surface area (Å²) in [4.78, 5) is 26.1. The first-order valence-corrected chi connectivity index (χ1v) is 5.76. The third kappa shape index (κ3) is 4.50. The van der Waals surface area contributed by atoms with E-state index in [1.807, 2.05) is 20.8 Å². The van der Waals surface area contributed by atoms with Gasteiger partial charge in [-0.25, -0.2) is 9.59 Å². The highest BCUT2D eigenvalue weighted by molar-refractivity contribution is 5.76. The van der Waals surface area contributed by atoms with Gasteiger partial charge in [0, 0.05) is 33.2 Å². The minimum Gasteiger partial charge on any atom is -0.444 e. The molecule has 1 heterocycles. The van der Waals surface area contributed by atoms with Crippen LogP contribution < -0.4 is 5.32 Å². The fraction of sp³-hybridized carbons (Fsp3) is 0.818. The fourth-order valence-electron chi connectivity index (χ4n) is 1.43. The Morgan fingerprint density at radius 2 is 2.18 bits per heavy atom. The van der Waals surface area contributed by atoms with E-state index in [9.17, 15) is 9.59 Å². The maximum Gasteiger partial charge on any atom is 0.410 e. The van der Waals surface area contributed by atoms with Crippen LogP contribution in [0.25, 0.3) is 0 Å². The number of carbonyl (C=O) groups is 2. The Morgan fingerprint density at radius 1 is 1.53 bits per heavy atom. The Bertz CT molecular complexity index is 299. The summed E-state index contributed by atoms with van der Waals surface area (Å²) in [6.45, 7) is 7.85. The van der Waals surface area contributed by atoms with Crippen molar-refractivity contribution in [1.29, 1.82) is 0 Å². The summed E-state index contributed by atoms with van der Waals surface area (Å²) in [7, 11) is 1.67. The highest BCUT2D eigenvalue weighted by atomic mass is 16.6. The molecule has 0 aliphatic carbocycles. The summed E-state index contributed by atoms with van der Waals surface area (Å²) in [5.41, 5.74) is -0.490. The molecule has 0 bridgehead atoms. The van der Waals surface area contributed by atoms with Gasteiger partial charge >= 0.3 is 12.1 Å². The van der Waals surface area contributed by atoms with Crippen molar-refractivity contribution in [3.8, 4) is 0 Å². The molecule has 1 aliphatic heterocycles. The predicted octanol–water partition coefficient (Wildman–Crippen LogP) is 0.878. The van der Waals surface area contributed by atoms with Crippen LogP contribution in [0.5, 0.6) is 0 Å². The van der Waals surface area contributed by atoms with Crippen LogP contribution in [0.15, 0.2) is 0 Å². The molecule has 0 aromatic rings. The van der Waals surface area contributed by atoms with Gasteiger partial charge in [-0.05, 0) is 20.8 Å². The van der Waals surface area contributed by atoms with Gasteiger partial charge in [0.1, 0.15) is 5.60 Å². The number of amides is 3. The van der Waals surface area contributed by atoms with Crippen LogP contribution in [-0.4, -0.2) is 60.8 Å². The lowest BCUT2D eigenvalue weighted by atomic mass is 10.2. The number of urea groups is 1. The van der Waals surface area contributed by atoms with Crippen molar-refractivity contribution in [3.05, 3.63) is 0 Å². The summed E-state index contributed by atoms with van der Waals surface area (Å²) in [6, 6.07) is -0.0670. The topological polar surface area (TPSA) is 61.9 Å². The van der Waals surface area contributed by atoms with E-state index in [0.29, 0.717) is 26.2 Å². The molecule has 0 unspecified atom stereocenters. The second-order valence-corrected chi connectivity index (χ2v) is 5.12. The molecule has 0 atom stereocenters. The number of rotatable bonds is 3. The third-order valence-corrected chi connectivity index (χ3v) is 2.36. The maximum atomic E-state index is 11.6. The summed E-state index contributed by atoms with van der Waals surface area (Å²) >= 11 is 0. The normalized spacial score (nSPS) is 15.8. The molecule has 1 rings (SSSR count). The lowest BCUT2D eigenvalue weighted by Crippen LogP contribution is -2.40. The molecule has 0 radical (unpaired) electrons. The summed E-state index contributed by atoms with van der Waals surface area (Å²) in [5.74, 6) is 0. The Kier molecular flexibility index (Phi) is 4.20. The average molecular weight is 243 g/mol. The lowest BCUT2D eigenvalue weighted by Gasteiger charge is -2.25. The fourth-order valence-corrected chi connectivity index (χ4v) is 1.43. The van der Waals surface area contributed by atoms with E-state index in [4.69, 9.17) is 4.74 Å². The first-order valence-electron chi connectivity index (χ1n) is 5.76. The van der Waals surface area contributed by atoms with E-state index < -0.39 is 5.60 Å². The molecule has 3 amide bonds. The van der Waals surface area contributed by atoms with Gasteiger partial charge in [0.2, 0.25) is 0 Å². The van der Waals surface area contributed by atoms with Gasteiger partial charge in [-0.2, -0.15) is 0 Å². The van der Waals surface area contributed by atoms with Gasteiger partial charge < -0.3 is 19.9 Å². The molecule has 98 valence electrons. The summed E-state index contributed by atoms with van der Waals surface area (Å²) < 4.78 is 5.21. The summed E-state index contributed by atoms with van der Waals surface area (Å²) in [5, 5.41) is 2.71. The molecule has 0 saturated carbocycles. The summed E-state index contributed by atoms with van der Waals surface area (Å²) in [6.07, 6.45) is -0.364. The molecule has 1 saturated heterocycles. The number of hydrogen-bond acceptors (Lipinski definition) is 3. The van der Waals surface area contributed by atoms with Gasteiger partial charge in [0.05, 0.1) is 0 Å². The van der Waals surface area contributed by atoms with Gasteiger partial charge in [-0.15, -0.1) is 0 Å². The van der Waals surface area contributed by atoms with Crippen molar-refractivity contribution in [2.75, 3.05) is 33.2 Å². The molecular weight excluding hydrogens is 222 g/mol. The van der Waals surface area contributed by atoms with E-state index in [-0.39, 0.29) is 12.1 Å². The van der Waals surface area contributed by atoms with E-state index in [1.54, 1.807) is 11.9 Å². The smallest absolute Gasteiger partial charge is 0.410 e. The zero-order valence-electron chi connectivity index (χ0n) is 10.9. The van der Waals surface area contributed by atoms with Gasteiger partial charge in [-0.1, -0.05) is 0 Å². The molecular formula is C11H21N3O3. The minimum atomic E-state index is -0.490. The van der Waals surface area contributed by atoms with Gasteiger partial charge in [0.25, 0.3) is 0 Å². The SMILES string of the molecule is CN(CCN1CCNC1=O)C(=O)OC(C)(C)C. The number of nitrogens with one attached hydrogen (secondary N) is 1. The number of nitrogens with zero attached hydrogens (tertiary/aromatic N) is 2. The molecule has 1 N–H and O–H groups in total. The highest BCUT2D eigenvalue weighted by Gasteiger charge is 2.22. The number of carbonyl (C=O) groups excluding carboxylic acids is 2. The zero-order chi connectivity index (χ0) is 13.1. The standard InChI is InChI=1S/C11H21N3O3/c1-11(2,3)17-10(16)13(4)7-8-14-6-5-12-9(14)15/h5-8H2,1-4H3,(H,12,15). The molecule has 17 heavy (non-hydrogen) atoms. The lowest BCUT2D eigenvalue weighted by molar-refractivity contribution is 0.0290. The molecule has 0 aromatic heterocycles. The van der Waals surface area contributed by atoms with E-state index >= 15 is 0 Å². The second kappa shape index (κ2) is 5.25. The first-order chi connectivity index (χ1) is 7.79. The number of likely N-dealkylation sites (N-methyl/N-ethyl adjacent to an activating group) is 1. The zero-order valence-corrected chi connectivity index (χ0v) is 10.9. The van der Waals surface area contributed by atoms with Crippen LogP contribution in [-0.2, 0) is 4.74 Å². The van der Waals surface area contributed by atoms with E-state index in [0.717, 1.165) is 0 Å².